The van der Waals surface area contributed by atoms with E-state index >= 15 is 0 Å². The molecule has 10 heteroatoms. The molecule has 5 rings (SSSR count). The number of rotatable bonds is 3. The van der Waals surface area contributed by atoms with E-state index < -0.39 is 64.3 Å². The van der Waals surface area contributed by atoms with Gasteiger partial charge in [0.15, 0.2) is 11.4 Å². The second-order valence-corrected chi connectivity index (χ2v) is 9.34. The number of nitrogens with two attached hydrogens (primary N) is 2. The summed E-state index contributed by atoms with van der Waals surface area (Å²) in [6.45, 7) is 0. The molecule has 3 unspecified atom stereocenters. The number of primary amides is 2. The molecule has 3 aliphatic rings. The maximum atomic E-state index is 13.5. The molecule has 0 heterocycles. The fourth-order valence-corrected chi connectivity index (χ4v) is 5.73. The van der Waals surface area contributed by atoms with Crippen LogP contribution in [0.3, 0.4) is 0 Å². The highest BCUT2D eigenvalue weighted by Gasteiger charge is 2.60. The summed E-state index contributed by atoms with van der Waals surface area (Å²) in [6, 6.07) is 9.44. The van der Waals surface area contributed by atoms with Crippen LogP contribution in [0.25, 0.3) is 16.9 Å². The van der Waals surface area contributed by atoms with Crippen molar-refractivity contribution in [2.45, 2.75) is 24.9 Å². The zero-order chi connectivity index (χ0) is 26.1. The molecule has 2 aromatic rings. The van der Waals surface area contributed by atoms with Gasteiger partial charge in [0.1, 0.15) is 22.8 Å². The third-order valence-corrected chi connectivity index (χ3v) is 7.41. The normalized spacial score (nSPS) is 25.2. The van der Waals surface area contributed by atoms with Gasteiger partial charge in [-0.1, -0.05) is 18.2 Å². The first kappa shape index (κ1) is 23.3. The van der Waals surface area contributed by atoms with Crippen LogP contribution >= 0.6 is 0 Å². The van der Waals surface area contributed by atoms with Crippen LogP contribution < -0.4 is 11.5 Å². The molecule has 3 aliphatic carbocycles. The predicted molar refractivity (Wildman–Crippen MR) is 125 cm³/mol. The van der Waals surface area contributed by atoms with E-state index in [4.69, 9.17) is 11.5 Å². The summed E-state index contributed by atoms with van der Waals surface area (Å²) in [5.74, 6) is -7.46. The maximum Gasteiger partial charge on any atom is 0.255 e. The summed E-state index contributed by atoms with van der Waals surface area (Å²) in [5.41, 5.74) is 8.85. The Labute approximate surface area is 204 Å². The summed E-state index contributed by atoms with van der Waals surface area (Å²) in [4.78, 5) is 49.4. The molecule has 2 amide bonds. The molecule has 184 valence electrons. The van der Waals surface area contributed by atoms with Crippen LogP contribution in [0, 0.1) is 11.8 Å². The zero-order valence-corrected chi connectivity index (χ0v) is 18.8. The van der Waals surface area contributed by atoms with E-state index in [-0.39, 0.29) is 35.3 Å². The van der Waals surface area contributed by atoms with E-state index in [1.165, 1.54) is 6.07 Å². The van der Waals surface area contributed by atoms with Crippen molar-refractivity contribution in [3.63, 3.8) is 0 Å². The van der Waals surface area contributed by atoms with Crippen molar-refractivity contribution in [1.29, 1.82) is 0 Å². The lowest BCUT2D eigenvalue weighted by molar-refractivity contribution is -0.147. The molecule has 1 fully saturated rings. The Hall–Kier alpha value is -4.44. The summed E-state index contributed by atoms with van der Waals surface area (Å²) in [5, 5.41) is 43.7. The van der Waals surface area contributed by atoms with Gasteiger partial charge in [0.2, 0.25) is 11.7 Å². The van der Waals surface area contributed by atoms with Gasteiger partial charge in [-0.25, -0.2) is 0 Å². The maximum absolute atomic E-state index is 13.5. The van der Waals surface area contributed by atoms with Gasteiger partial charge in [0.25, 0.3) is 5.91 Å². The molecular formula is C26H22N2O8. The van der Waals surface area contributed by atoms with Crippen molar-refractivity contribution in [2.24, 2.45) is 23.3 Å². The Morgan fingerprint density at radius 2 is 1.69 bits per heavy atom. The van der Waals surface area contributed by atoms with Gasteiger partial charge >= 0.3 is 0 Å². The van der Waals surface area contributed by atoms with Crippen molar-refractivity contribution in [3.8, 4) is 16.9 Å². The van der Waals surface area contributed by atoms with E-state index in [2.05, 4.69) is 0 Å². The second-order valence-electron chi connectivity index (χ2n) is 9.34. The van der Waals surface area contributed by atoms with E-state index in [1.807, 2.05) is 0 Å². The lowest BCUT2D eigenvalue weighted by Gasteiger charge is -2.46. The highest BCUT2D eigenvalue weighted by molar-refractivity contribution is 6.22. The zero-order valence-electron chi connectivity index (χ0n) is 18.8. The number of phenols is 1. The average Bonchev–Trinajstić information content (AvgIpc) is 2.81. The topological polar surface area (TPSA) is 201 Å². The van der Waals surface area contributed by atoms with Gasteiger partial charge < -0.3 is 31.9 Å². The number of fused-ring (bicyclic) bond motifs is 3. The summed E-state index contributed by atoms with van der Waals surface area (Å²) in [7, 11) is 0. The first-order valence-corrected chi connectivity index (χ1v) is 11.2. The van der Waals surface area contributed by atoms with Gasteiger partial charge in [-0.05, 0) is 53.6 Å². The lowest BCUT2D eigenvalue weighted by atomic mass is 9.59. The second kappa shape index (κ2) is 7.79. The van der Waals surface area contributed by atoms with Crippen LogP contribution in [0.4, 0.5) is 0 Å². The van der Waals surface area contributed by atoms with E-state index in [9.17, 15) is 39.6 Å². The van der Waals surface area contributed by atoms with Crippen LogP contribution in [0.1, 0.15) is 34.3 Å². The largest absolute Gasteiger partial charge is 0.508 e. The highest BCUT2D eigenvalue weighted by atomic mass is 16.3. The van der Waals surface area contributed by atoms with Crippen LogP contribution in [0.2, 0.25) is 0 Å². The van der Waals surface area contributed by atoms with Crippen molar-refractivity contribution in [1.82, 2.24) is 0 Å². The molecule has 1 saturated carbocycles. The summed E-state index contributed by atoms with van der Waals surface area (Å²) in [6.07, 6.45) is -0.214. The SMILES string of the molecule is NC(=O)C1=C(O)C2(O)C(=O)C3=C(O)c4c(O)ccc(-c5cccc(C(N)=O)c5)c4CC3CC2CC1=O. The first-order valence-electron chi connectivity index (χ1n) is 11.2. The number of carbonyl (C=O) groups is 4. The molecular weight excluding hydrogens is 468 g/mol. The molecule has 0 saturated heterocycles. The Bertz CT molecular complexity index is 1470. The number of aliphatic hydroxyl groups excluding tert-OH is 2. The molecule has 0 radical (unpaired) electrons. The fraction of sp³-hybridized carbons (Fsp3) is 0.231. The first-order chi connectivity index (χ1) is 17.0. The highest BCUT2D eigenvalue weighted by Crippen LogP contribution is 2.53. The van der Waals surface area contributed by atoms with E-state index in [0.717, 1.165) is 0 Å². The molecule has 0 spiro atoms. The minimum absolute atomic E-state index is 0.0240. The molecule has 36 heavy (non-hydrogen) atoms. The monoisotopic (exact) mass is 490 g/mol. The summed E-state index contributed by atoms with van der Waals surface area (Å²) >= 11 is 0. The van der Waals surface area contributed by atoms with Crippen LogP contribution in [-0.2, 0) is 20.8 Å². The van der Waals surface area contributed by atoms with Gasteiger partial charge in [-0.3, -0.25) is 19.2 Å². The molecule has 0 aliphatic heterocycles. The number of carbonyl (C=O) groups excluding carboxylic acids is 4. The summed E-state index contributed by atoms with van der Waals surface area (Å²) < 4.78 is 0. The van der Waals surface area contributed by atoms with Crippen molar-refractivity contribution in [3.05, 3.63) is 70.0 Å². The fourth-order valence-electron chi connectivity index (χ4n) is 5.73. The third kappa shape index (κ3) is 3.07. The number of phenolic OH excluding ortho intramolecular Hbond substituents is 1. The number of aromatic hydroxyl groups is 1. The lowest BCUT2D eigenvalue weighted by Crippen LogP contribution is -2.58. The van der Waals surface area contributed by atoms with Crippen molar-refractivity contribution >= 4 is 29.1 Å². The Morgan fingerprint density at radius 3 is 2.36 bits per heavy atom. The smallest absolute Gasteiger partial charge is 0.255 e. The van der Waals surface area contributed by atoms with Gasteiger partial charge in [0, 0.05) is 23.5 Å². The van der Waals surface area contributed by atoms with E-state index in [1.54, 1.807) is 30.3 Å². The average molecular weight is 490 g/mol. The Kier molecular flexibility index (Phi) is 5.04. The van der Waals surface area contributed by atoms with Crippen molar-refractivity contribution in [2.75, 3.05) is 0 Å². The number of amides is 2. The van der Waals surface area contributed by atoms with E-state index in [0.29, 0.717) is 16.7 Å². The molecule has 0 aromatic heterocycles. The molecule has 10 nitrogen and oxygen atoms in total. The molecule has 3 atom stereocenters. The minimum atomic E-state index is -2.61. The minimum Gasteiger partial charge on any atom is -0.508 e. The Balaban J connectivity index is 1.70. The number of benzene rings is 2. The predicted octanol–water partition coefficient (Wildman–Crippen LogP) is 1.19. The van der Waals surface area contributed by atoms with Gasteiger partial charge in [0.05, 0.1) is 5.56 Å². The Morgan fingerprint density at radius 1 is 0.972 bits per heavy atom. The van der Waals surface area contributed by atoms with Crippen molar-refractivity contribution < 1.29 is 39.6 Å². The van der Waals surface area contributed by atoms with Crippen LogP contribution in [-0.4, -0.2) is 49.4 Å². The number of ketones is 2. The standard InChI is InChI=1S/C26H22N2O8/c27-24(34)11-3-1-2-10(6-11)14-4-5-16(29)19-15(14)8-12-7-13-9-17(30)20(25(28)35)23(33)26(13,36)22(32)18(12)21(19)31/h1-6,12-13,29,31,33,36H,7-9H2,(H2,27,34)(H2,28,35). The molecule has 8 N–H and O–H groups in total. The van der Waals surface area contributed by atoms with Crippen LogP contribution in [0.5, 0.6) is 5.75 Å². The number of hydrogen-bond acceptors (Lipinski definition) is 8. The number of hydrogen-bond donors (Lipinski definition) is 6. The number of Topliss-reactive ketones (excluding diaryl/α,β-unsaturated/α-hetero) is 2. The quantitative estimate of drug-likeness (QED) is 0.344. The number of aliphatic hydroxyl groups is 3. The van der Waals surface area contributed by atoms with Crippen LogP contribution in [0.15, 0.2) is 53.3 Å². The third-order valence-electron chi connectivity index (χ3n) is 7.41. The van der Waals surface area contributed by atoms with Gasteiger partial charge in [-0.2, -0.15) is 0 Å². The molecule has 0 bridgehead atoms. The molecule has 2 aromatic carbocycles. The van der Waals surface area contributed by atoms with Gasteiger partial charge in [-0.15, -0.1) is 0 Å².